The van der Waals surface area contributed by atoms with E-state index >= 15 is 0 Å². The fraction of sp³-hybridized carbons (Fsp3) is 0.167. The van der Waals surface area contributed by atoms with Crippen LogP contribution in [0.1, 0.15) is 27.8 Å². The number of ether oxygens (including phenoxy) is 1. The van der Waals surface area contributed by atoms with Gasteiger partial charge in [-0.2, -0.15) is 0 Å². The molecule has 3 aromatic rings. The minimum absolute atomic E-state index is 0.427. The van der Waals surface area contributed by atoms with Crippen LogP contribution in [0, 0.1) is 13.8 Å². The molecule has 0 N–H and O–H groups in total. The largest absolute Gasteiger partial charge is 0.483 e. The molecule has 3 aromatic carbocycles. The van der Waals surface area contributed by atoms with Crippen molar-refractivity contribution >= 4 is 10.2 Å². The summed E-state index contributed by atoms with van der Waals surface area (Å²) >= 11 is 0. The summed E-state index contributed by atoms with van der Waals surface area (Å²) in [5, 5.41) is -0.427. The van der Waals surface area contributed by atoms with Crippen molar-refractivity contribution < 1.29 is 4.74 Å². The third kappa shape index (κ3) is 3.66. The molecular weight excluding hydrogens is 332 g/mol. The Labute approximate surface area is 159 Å². The van der Waals surface area contributed by atoms with Crippen molar-refractivity contribution in [1.82, 2.24) is 0 Å². The van der Waals surface area contributed by atoms with E-state index < -0.39 is 5.22 Å². The van der Waals surface area contributed by atoms with Crippen LogP contribution < -0.4 is 4.74 Å². The summed E-state index contributed by atoms with van der Waals surface area (Å²) in [4.78, 5) is 0. The smallest absolute Gasteiger partial charge is 0.135 e. The normalized spacial score (nSPS) is 13.2. The van der Waals surface area contributed by atoms with E-state index in [1.807, 2.05) is 36.4 Å². The summed E-state index contributed by atoms with van der Waals surface area (Å²) in [6.45, 7) is 8.26. The van der Waals surface area contributed by atoms with Gasteiger partial charge in [0, 0.05) is 5.56 Å². The second-order valence-corrected chi connectivity index (χ2v) is 8.32. The quantitative estimate of drug-likeness (QED) is 0.459. The van der Waals surface area contributed by atoms with E-state index in [2.05, 4.69) is 62.9 Å². The predicted molar refractivity (Wildman–Crippen MR) is 114 cm³/mol. The number of benzene rings is 3. The van der Waals surface area contributed by atoms with Gasteiger partial charge >= 0.3 is 0 Å². The number of hydrogen-bond acceptors (Lipinski definition) is 1. The Bertz CT molecular complexity index is 864. The van der Waals surface area contributed by atoms with Crippen LogP contribution in [-0.4, -0.2) is 10.2 Å². The minimum atomic E-state index is -0.427. The summed E-state index contributed by atoms with van der Waals surface area (Å²) in [5.41, 5.74) is 6.34. The molecule has 1 atom stereocenters. The van der Waals surface area contributed by atoms with E-state index in [9.17, 15) is 0 Å². The van der Waals surface area contributed by atoms with Gasteiger partial charge in [-0.3, -0.25) is 0 Å². The third-order valence-corrected chi connectivity index (χ3v) is 6.12. The number of aryl methyl sites for hydroxylation is 2. The first-order chi connectivity index (χ1) is 12.5. The van der Waals surface area contributed by atoms with E-state index in [0.717, 1.165) is 22.4 Å². The molecule has 0 aromatic heterocycles. The van der Waals surface area contributed by atoms with Gasteiger partial charge in [0.2, 0.25) is 0 Å². The van der Waals surface area contributed by atoms with Crippen LogP contribution in [0.3, 0.4) is 0 Å². The molecule has 3 rings (SSSR count). The lowest BCUT2D eigenvalue weighted by Crippen LogP contribution is -2.36. The van der Waals surface area contributed by atoms with Crippen LogP contribution in [0.15, 0.2) is 85.5 Å². The molecule has 132 valence electrons. The second-order valence-electron chi connectivity index (χ2n) is 6.91. The molecule has 26 heavy (non-hydrogen) atoms. The Hall–Kier alpha value is -2.58. The first-order valence-corrected chi connectivity index (χ1v) is 10.1. The van der Waals surface area contributed by atoms with Gasteiger partial charge in [-0.15, -0.1) is 6.58 Å². The molecule has 0 bridgehead atoms. The Kier molecular flexibility index (Phi) is 5.43. The van der Waals surface area contributed by atoms with Gasteiger partial charge in [-0.1, -0.05) is 66.7 Å². The van der Waals surface area contributed by atoms with Crippen molar-refractivity contribution in [2.45, 2.75) is 25.5 Å². The zero-order valence-electron chi connectivity index (χ0n) is 15.8. The lowest BCUT2D eigenvalue weighted by atomic mass is 9.90. The minimum Gasteiger partial charge on any atom is -0.483 e. The Morgan fingerprint density at radius 2 is 1.46 bits per heavy atom. The summed E-state index contributed by atoms with van der Waals surface area (Å²) in [6, 6.07) is 25.3. The van der Waals surface area contributed by atoms with Crippen LogP contribution in [-0.2, 0) is 11.6 Å². The summed E-state index contributed by atoms with van der Waals surface area (Å²) < 4.78 is 6.68. The monoisotopic (exact) mass is 358 g/mol. The Morgan fingerprint density at radius 3 is 2.00 bits per heavy atom. The predicted octanol–water partition coefficient (Wildman–Crippen LogP) is 4.68. The topological polar surface area (TPSA) is 9.23 Å². The maximum atomic E-state index is 6.68. The summed E-state index contributed by atoms with van der Waals surface area (Å²) in [7, 11) is 0.834. The lowest BCUT2D eigenvalue weighted by Gasteiger charge is -2.35. The maximum Gasteiger partial charge on any atom is 0.135 e. The summed E-state index contributed by atoms with van der Waals surface area (Å²) in [5.74, 6) is 0.903. The molecule has 0 saturated carbocycles. The van der Waals surface area contributed by atoms with Crippen LogP contribution >= 0.6 is 0 Å². The standard InChI is InChI=1S/C24H26OSi/c1-4-11-20-16-18(2)23(19(3)17-20)24(26,21-12-7-5-8-13-21)25-22-14-9-6-10-15-22/h4-10,12-17H,1,11H2,2-3,26H3. The number of para-hydroxylation sites is 1. The SMILES string of the molecule is C=CCc1cc(C)c(C([SiH3])(Oc2ccccc2)c2ccccc2)c(C)c1. The number of hydrogen-bond donors (Lipinski definition) is 0. The summed E-state index contributed by atoms with van der Waals surface area (Å²) in [6.07, 6.45) is 2.85. The van der Waals surface area contributed by atoms with Gasteiger partial charge in [0.1, 0.15) is 11.0 Å². The highest BCUT2D eigenvalue weighted by Gasteiger charge is 2.34. The second kappa shape index (κ2) is 7.75. The van der Waals surface area contributed by atoms with Crippen LogP contribution in [0.4, 0.5) is 0 Å². The van der Waals surface area contributed by atoms with Gasteiger partial charge in [0.15, 0.2) is 0 Å². The zero-order chi connectivity index (χ0) is 18.6. The van der Waals surface area contributed by atoms with Gasteiger partial charge in [-0.05, 0) is 54.7 Å². The molecule has 0 amide bonds. The average molecular weight is 359 g/mol. The Balaban J connectivity index is 2.17. The highest BCUT2D eigenvalue weighted by Crippen LogP contribution is 2.36. The molecule has 0 aliphatic rings. The molecule has 0 aliphatic heterocycles. The van der Waals surface area contributed by atoms with Gasteiger partial charge < -0.3 is 4.74 Å². The Morgan fingerprint density at radius 1 is 0.923 bits per heavy atom. The van der Waals surface area contributed by atoms with E-state index in [0.29, 0.717) is 0 Å². The number of allylic oxidation sites excluding steroid dienone is 1. The van der Waals surface area contributed by atoms with E-state index in [-0.39, 0.29) is 0 Å². The van der Waals surface area contributed by atoms with Crippen LogP contribution in [0.2, 0.25) is 0 Å². The molecular formula is C24H26OSi. The van der Waals surface area contributed by atoms with Crippen LogP contribution in [0.5, 0.6) is 5.75 Å². The van der Waals surface area contributed by atoms with E-state index in [1.54, 1.807) is 0 Å². The van der Waals surface area contributed by atoms with Crippen molar-refractivity contribution in [2.24, 2.45) is 0 Å². The van der Waals surface area contributed by atoms with Crippen molar-refractivity contribution in [3.8, 4) is 5.75 Å². The van der Waals surface area contributed by atoms with E-state index in [1.165, 1.54) is 27.8 Å². The molecule has 2 heteroatoms. The average Bonchev–Trinajstić information content (AvgIpc) is 2.63. The number of rotatable bonds is 6. The van der Waals surface area contributed by atoms with Gasteiger partial charge in [0.05, 0.1) is 10.2 Å². The van der Waals surface area contributed by atoms with Crippen molar-refractivity contribution in [2.75, 3.05) is 0 Å². The highest BCUT2D eigenvalue weighted by molar-refractivity contribution is 6.17. The molecule has 0 heterocycles. The molecule has 1 unspecified atom stereocenters. The fourth-order valence-corrected chi connectivity index (χ4v) is 5.18. The maximum absolute atomic E-state index is 6.68. The fourth-order valence-electron chi connectivity index (χ4n) is 3.82. The molecule has 0 saturated heterocycles. The molecule has 0 spiro atoms. The first-order valence-electron chi connectivity index (χ1n) is 9.05. The molecule has 1 nitrogen and oxygen atoms in total. The zero-order valence-corrected chi connectivity index (χ0v) is 17.8. The lowest BCUT2D eigenvalue weighted by molar-refractivity contribution is 0.199. The van der Waals surface area contributed by atoms with Crippen LogP contribution in [0.25, 0.3) is 0 Å². The molecule has 0 fully saturated rings. The van der Waals surface area contributed by atoms with Crippen molar-refractivity contribution in [3.63, 3.8) is 0 Å². The van der Waals surface area contributed by atoms with Crippen molar-refractivity contribution in [1.29, 1.82) is 0 Å². The first kappa shape index (κ1) is 18.2. The van der Waals surface area contributed by atoms with Crippen molar-refractivity contribution in [3.05, 3.63) is 113 Å². The third-order valence-electron chi connectivity index (χ3n) is 4.84. The molecule has 0 aliphatic carbocycles. The van der Waals surface area contributed by atoms with E-state index in [4.69, 9.17) is 4.74 Å². The molecule has 0 radical (unpaired) electrons. The van der Waals surface area contributed by atoms with Gasteiger partial charge in [0.25, 0.3) is 0 Å². The highest BCUT2D eigenvalue weighted by atomic mass is 28.1. The van der Waals surface area contributed by atoms with Gasteiger partial charge in [-0.25, -0.2) is 0 Å².